The molecule has 0 saturated carbocycles. The molecule has 0 radical (unpaired) electrons. The van der Waals surface area contributed by atoms with Gasteiger partial charge in [-0.15, -0.1) is 0 Å². The Morgan fingerprint density at radius 3 is 2.73 bits per heavy atom. The zero-order valence-corrected chi connectivity index (χ0v) is 12.8. The first kappa shape index (κ1) is 15.4. The highest BCUT2D eigenvalue weighted by Crippen LogP contribution is 2.34. The Kier molecular flexibility index (Phi) is 3.91. The molecule has 0 bridgehead atoms. The van der Waals surface area contributed by atoms with E-state index in [2.05, 4.69) is 15.9 Å². The summed E-state index contributed by atoms with van der Waals surface area (Å²) in [4.78, 5) is 10.5. The van der Waals surface area contributed by atoms with E-state index in [1.54, 1.807) is 18.3 Å². The minimum absolute atomic E-state index is 0.113. The number of ether oxygens (including phenoxy) is 1. The molecule has 3 N–H and O–H groups in total. The molecule has 1 fully saturated rings. The maximum atomic E-state index is 11.0. The molecule has 0 aliphatic carbocycles. The van der Waals surface area contributed by atoms with Gasteiger partial charge in [0.1, 0.15) is 18.3 Å². The van der Waals surface area contributed by atoms with Crippen LogP contribution < -0.4 is 0 Å². The second kappa shape index (κ2) is 5.60. The Bertz CT molecular complexity index is 733. The van der Waals surface area contributed by atoms with Gasteiger partial charge in [-0.25, -0.2) is 0 Å². The predicted octanol–water partition coefficient (Wildman–Crippen LogP) is 0.923. The van der Waals surface area contributed by atoms with E-state index in [0.717, 1.165) is 0 Å². The van der Waals surface area contributed by atoms with Crippen molar-refractivity contribution >= 4 is 32.5 Å². The van der Waals surface area contributed by atoms with Crippen LogP contribution in [-0.2, 0) is 4.74 Å². The molecule has 1 aromatic heterocycles. The molecule has 2 aromatic rings. The van der Waals surface area contributed by atoms with Crippen LogP contribution in [0.2, 0.25) is 0 Å². The molecule has 22 heavy (non-hydrogen) atoms. The van der Waals surface area contributed by atoms with Gasteiger partial charge in [-0.2, -0.15) is 0 Å². The van der Waals surface area contributed by atoms with Crippen molar-refractivity contribution in [3.63, 3.8) is 0 Å². The number of nitrogens with zero attached hydrogens (tertiary/aromatic N) is 2. The van der Waals surface area contributed by atoms with Crippen molar-refractivity contribution in [2.24, 2.45) is 0 Å². The van der Waals surface area contributed by atoms with Gasteiger partial charge in [0.25, 0.3) is 5.69 Å². The van der Waals surface area contributed by atoms with Gasteiger partial charge in [-0.05, 0) is 28.1 Å². The van der Waals surface area contributed by atoms with Gasteiger partial charge in [0.05, 0.1) is 21.5 Å². The average Bonchev–Trinajstić information content (AvgIpc) is 2.86. The number of aromatic nitrogens is 1. The summed E-state index contributed by atoms with van der Waals surface area (Å²) >= 11 is 3.15. The van der Waals surface area contributed by atoms with Gasteiger partial charge < -0.3 is 24.6 Å². The smallest absolute Gasteiger partial charge is 0.285 e. The van der Waals surface area contributed by atoms with E-state index in [1.165, 1.54) is 10.6 Å². The first-order chi connectivity index (χ1) is 10.4. The molecule has 1 saturated heterocycles. The summed E-state index contributed by atoms with van der Waals surface area (Å²) in [7, 11) is 0. The van der Waals surface area contributed by atoms with Crippen LogP contribution in [0.15, 0.2) is 28.9 Å². The van der Waals surface area contributed by atoms with Crippen molar-refractivity contribution in [2.45, 2.75) is 24.5 Å². The lowest BCUT2D eigenvalue weighted by molar-refractivity contribution is -0.385. The third-order valence-electron chi connectivity index (χ3n) is 3.73. The highest BCUT2D eigenvalue weighted by atomic mass is 79.9. The summed E-state index contributed by atoms with van der Waals surface area (Å²) < 4.78 is 7.24. The van der Waals surface area contributed by atoms with Crippen LogP contribution in [0.4, 0.5) is 5.69 Å². The second-order valence-electron chi connectivity index (χ2n) is 5.11. The zero-order valence-electron chi connectivity index (χ0n) is 11.2. The molecular weight excluding hydrogens is 360 g/mol. The third-order valence-corrected chi connectivity index (χ3v) is 4.37. The van der Waals surface area contributed by atoms with Gasteiger partial charge in [0.2, 0.25) is 0 Å². The summed E-state index contributed by atoms with van der Waals surface area (Å²) in [6.07, 6.45) is -3.18. The van der Waals surface area contributed by atoms with Crippen molar-refractivity contribution in [2.75, 3.05) is 6.61 Å². The van der Waals surface area contributed by atoms with Crippen molar-refractivity contribution in [3.05, 3.63) is 39.0 Å². The fraction of sp³-hybridized carbons (Fsp3) is 0.385. The number of nitro benzene ring substituents is 1. The highest BCUT2D eigenvalue weighted by molar-refractivity contribution is 9.10. The van der Waals surface area contributed by atoms with Crippen molar-refractivity contribution < 1.29 is 25.0 Å². The largest absolute Gasteiger partial charge is 0.388 e. The Morgan fingerprint density at radius 1 is 1.32 bits per heavy atom. The van der Waals surface area contributed by atoms with Crippen molar-refractivity contribution in [3.8, 4) is 0 Å². The van der Waals surface area contributed by atoms with Gasteiger partial charge in [-0.1, -0.05) is 0 Å². The predicted molar refractivity (Wildman–Crippen MR) is 79.3 cm³/mol. The van der Waals surface area contributed by atoms with E-state index >= 15 is 0 Å². The molecule has 1 aromatic carbocycles. The molecule has 2 heterocycles. The molecule has 9 heteroatoms. The van der Waals surface area contributed by atoms with Crippen molar-refractivity contribution in [1.29, 1.82) is 0 Å². The molecule has 0 amide bonds. The zero-order chi connectivity index (χ0) is 16.0. The molecule has 0 unspecified atom stereocenters. The first-order valence-electron chi connectivity index (χ1n) is 6.50. The average molecular weight is 373 g/mol. The number of aliphatic hydroxyl groups excluding tert-OH is 3. The van der Waals surface area contributed by atoms with Gasteiger partial charge in [0.15, 0.2) is 6.23 Å². The molecule has 118 valence electrons. The van der Waals surface area contributed by atoms with Crippen LogP contribution in [0.3, 0.4) is 0 Å². The summed E-state index contributed by atoms with van der Waals surface area (Å²) in [5.41, 5.74) is 0.376. The van der Waals surface area contributed by atoms with E-state index in [0.29, 0.717) is 15.4 Å². The monoisotopic (exact) mass is 372 g/mol. The first-order valence-corrected chi connectivity index (χ1v) is 7.29. The maximum Gasteiger partial charge on any atom is 0.285 e. The normalized spacial score (nSPS) is 28.9. The number of hydrogen-bond donors (Lipinski definition) is 3. The number of fused-ring (bicyclic) bond motifs is 1. The molecular formula is C13H13BrN2O6. The minimum atomic E-state index is -1.35. The summed E-state index contributed by atoms with van der Waals surface area (Å²) in [5.74, 6) is 0. The van der Waals surface area contributed by atoms with Crippen LogP contribution in [-0.4, -0.2) is 49.7 Å². The Labute approximate surface area is 132 Å². The number of benzene rings is 1. The molecule has 4 atom stereocenters. The molecule has 0 spiro atoms. The number of nitro groups is 1. The van der Waals surface area contributed by atoms with Crippen LogP contribution >= 0.6 is 15.9 Å². The van der Waals surface area contributed by atoms with Crippen LogP contribution in [0, 0.1) is 10.1 Å². The number of hydrogen-bond acceptors (Lipinski definition) is 6. The van der Waals surface area contributed by atoms with E-state index in [9.17, 15) is 25.4 Å². The lowest BCUT2D eigenvalue weighted by Crippen LogP contribution is -2.50. The Hall–Kier alpha value is -1.52. The summed E-state index contributed by atoms with van der Waals surface area (Å²) in [6.45, 7) is -0.138. The molecule has 1 aliphatic rings. The van der Waals surface area contributed by atoms with E-state index in [4.69, 9.17) is 4.74 Å². The van der Waals surface area contributed by atoms with Crippen LogP contribution in [0.25, 0.3) is 10.9 Å². The molecule has 1 aliphatic heterocycles. The lowest BCUT2D eigenvalue weighted by atomic mass is 10.0. The van der Waals surface area contributed by atoms with Crippen LogP contribution in [0.1, 0.15) is 6.23 Å². The fourth-order valence-corrected chi connectivity index (χ4v) is 3.07. The fourth-order valence-electron chi connectivity index (χ4n) is 2.56. The summed E-state index contributed by atoms with van der Waals surface area (Å²) in [6, 6.07) is 4.69. The van der Waals surface area contributed by atoms with E-state index in [-0.39, 0.29) is 12.3 Å². The van der Waals surface area contributed by atoms with Crippen molar-refractivity contribution in [1.82, 2.24) is 4.57 Å². The second-order valence-corrected chi connectivity index (χ2v) is 5.97. The van der Waals surface area contributed by atoms with Gasteiger partial charge >= 0.3 is 0 Å². The Morgan fingerprint density at radius 2 is 2.05 bits per heavy atom. The molecule has 3 rings (SSSR count). The number of rotatable bonds is 2. The Balaban J connectivity index is 2.08. The van der Waals surface area contributed by atoms with Crippen LogP contribution in [0.5, 0.6) is 0 Å². The van der Waals surface area contributed by atoms with E-state index in [1.807, 2.05) is 0 Å². The van der Waals surface area contributed by atoms with E-state index < -0.39 is 29.5 Å². The van der Waals surface area contributed by atoms with Gasteiger partial charge in [-0.3, -0.25) is 10.1 Å². The minimum Gasteiger partial charge on any atom is -0.388 e. The standard InChI is InChI=1S/C13H13BrN2O6/c14-7-3-6-1-2-15(8(6)4-9(7)16(20)21)13-12(19)11(18)10(17)5-22-13/h1-4,10-13,17-19H,5H2/t10-,11-,12+,13+/m0/s1. The lowest BCUT2D eigenvalue weighted by Gasteiger charge is -2.36. The van der Waals surface area contributed by atoms with Gasteiger partial charge in [0, 0.05) is 17.6 Å². The SMILES string of the molecule is O=[N+]([O-])c1cc2c(ccn2[C@@H]2OC[C@H](O)[C@H](O)[C@H]2O)cc1Br. The highest BCUT2D eigenvalue weighted by Gasteiger charge is 2.38. The molecule has 8 nitrogen and oxygen atoms in total. The number of aliphatic hydroxyl groups is 3. The topological polar surface area (TPSA) is 118 Å². The summed E-state index contributed by atoms with van der Waals surface area (Å²) in [5, 5.41) is 41.1. The maximum absolute atomic E-state index is 11.0. The third kappa shape index (κ3) is 2.40. The number of halogens is 1. The quantitative estimate of drug-likeness (QED) is 0.532.